The number of methoxy groups -OCH3 is 2. The lowest BCUT2D eigenvalue weighted by atomic mass is 10.1. The average molecular weight is 434 g/mol. The summed E-state index contributed by atoms with van der Waals surface area (Å²) in [6, 6.07) is 17.6. The van der Waals surface area contributed by atoms with Gasteiger partial charge < -0.3 is 9.47 Å². The number of thioether (sulfide) groups is 1. The highest BCUT2D eigenvalue weighted by molar-refractivity contribution is 9.09. The number of ether oxygens (including phenoxy) is 2. The molecule has 0 aromatic heterocycles. The summed E-state index contributed by atoms with van der Waals surface area (Å²) in [4.78, 5) is 4.49. The second-order valence-electron chi connectivity index (χ2n) is 7.02. The smallest absolute Gasteiger partial charge is 0.161 e. The van der Waals surface area contributed by atoms with E-state index in [9.17, 15) is 0 Å². The Morgan fingerprint density at radius 2 is 1.85 bits per heavy atom. The van der Waals surface area contributed by atoms with Crippen LogP contribution in [0.25, 0.3) is 0 Å². The van der Waals surface area contributed by atoms with Crippen molar-refractivity contribution in [1.29, 1.82) is 0 Å². The van der Waals surface area contributed by atoms with Crippen molar-refractivity contribution in [2.45, 2.75) is 34.0 Å². The molecule has 0 unspecified atom stereocenters. The highest BCUT2D eigenvalue weighted by atomic mass is 79.9. The number of hydrogen-bond donors (Lipinski definition) is 0. The van der Waals surface area contributed by atoms with Gasteiger partial charge in [0.2, 0.25) is 0 Å². The first-order valence-corrected chi connectivity index (χ1v) is 10.8. The number of rotatable bonds is 6. The lowest BCUT2D eigenvalue weighted by molar-refractivity contribution is 0.211. The van der Waals surface area contributed by atoms with E-state index in [2.05, 4.69) is 63.3 Å². The van der Waals surface area contributed by atoms with E-state index in [1.807, 2.05) is 17.8 Å². The molecule has 1 heterocycles. The summed E-state index contributed by atoms with van der Waals surface area (Å²) in [5.41, 5.74) is 1.40. The molecule has 5 heteroatoms. The summed E-state index contributed by atoms with van der Waals surface area (Å²) in [6.07, 6.45) is 1.27. The van der Waals surface area contributed by atoms with Gasteiger partial charge in [0, 0.05) is 34.1 Å². The summed E-state index contributed by atoms with van der Waals surface area (Å²) in [5, 5.41) is 0.597. The van der Waals surface area contributed by atoms with E-state index in [-0.39, 0.29) is 0 Å². The van der Waals surface area contributed by atoms with Crippen molar-refractivity contribution in [1.82, 2.24) is 4.90 Å². The van der Waals surface area contributed by atoms with Crippen LogP contribution < -0.4 is 9.47 Å². The molecular weight excluding hydrogens is 410 g/mol. The molecule has 0 radical (unpaired) electrons. The molecule has 2 aromatic rings. The number of alkyl halides is 1. The van der Waals surface area contributed by atoms with Gasteiger partial charge in [0.05, 0.1) is 14.2 Å². The van der Waals surface area contributed by atoms with Gasteiger partial charge in [0.15, 0.2) is 11.5 Å². The predicted molar refractivity (Wildman–Crippen MR) is 111 cm³/mol. The minimum Gasteiger partial charge on any atom is -0.493 e. The van der Waals surface area contributed by atoms with Crippen LogP contribution in [0.1, 0.15) is 12.0 Å². The Morgan fingerprint density at radius 3 is 2.54 bits per heavy atom. The molecule has 138 valence electrons. The predicted octanol–water partition coefficient (Wildman–Crippen LogP) is 4.83. The average Bonchev–Trinajstić information content (AvgIpc) is 3.13. The fourth-order valence-corrected chi connectivity index (χ4v) is 7.04. The molecule has 2 aliphatic rings. The standard InChI is InChI=1S/C21H24BrNO2S/c1-24-17-9-8-16(11-18(17)25-2)26-19-10-15-13-23(21(19)20(15)22)12-14-6-4-3-5-7-14/h3-9,11,15,19-21H,10,12-13H2,1-2H3/t15-,19+,20+,21-/m0/s1. The second kappa shape index (κ2) is 7.83. The molecule has 3 nitrogen and oxygen atoms in total. The summed E-state index contributed by atoms with van der Waals surface area (Å²) < 4.78 is 10.8. The third-order valence-electron chi connectivity index (χ3n) is 5.45. The molecular formula is C21H24BrNO2S. The molecule has 26 heavy (non-hydrogen) atoms. The zero-order valence-corrected chi connectivity index (χ0v) is 17.5. The zero-order chi connectivity index (χ0) is 18.1. The quantitative estimate of drug-likeness (QED) is 0.607. The molecule has 0 N–H and O–H groups in total. The van der Waals surface area contributed by atoms with E-state index in [0.717, 1.165) is 24.0 Å². The maximum Gasteiger partial charge on any atom is 0.161 e. The third-order valence-corrected chi connectivity index (χ3v) is 8.04. The molecule has 2 bridgehead atoms. The van der Waals surface area contributed by atoms with Gasteiger partial charge in [-0.1, -0.05) is 46.3 Å². The van der Waals surface area contributed by atoms with Crippen LogP contribution in [0.4, 0.5) is 0 Å². The van der Waals surface area contributed by atoms with Crippen LogP contribution in [-0.2, 0) is 6.54 Å². The Morgan fingerprint density at radius 1 is 1.08 bits per heavy atom. The Balaban J connectivity index is 1.49. The highest BCUT2D eigenvalue weighted by Crippen LogP contribution is 2.49. The van der Waals surface area contributed by atoms with Crippen molar-refractivity contribution in [3.05, 3.63) is 54.1 Å². The Hall–Kier alpha value is -1.17. The van der Waals surface area contributed by atoms with E-state index in [1.165, 1.54) is 23.4 Å². The molecule has 1 aliphatic carbocycles. The van der Waals surface area contributed by atoms with E-state index >= 15 is 0 Å². The highest BCUT2D eigenvalue weighted by Gasteiger charge is 2.51. The van der Waals surface area contributed by atoms with Crippen LogP contribution in [0.3, 0.4) is 0 Å². The number of piperidine rings is 1. The fraction of sp³-hybridized carbons (Fsp3) is 0.429. The third kappa shape index (κ3) is 3.49. The largest absolute Gasteiger partial charge is 0.493 e. The fourth-order valence-electron chi connectivity index (χ4n) is 4.26. The number of hydrogen-bond acceptors (Lipinski definition) is 4. The van der Waals surface area contributed by atoms with Gasteiger partial charge in [-0.3, -0.25) is 4.90 Å². The number of likely N-dealkylation sites (tertiary alicyclic amines) is 1. The minimum atomic E-state index is 0.568. The Kier molecular flexibility index (Phi) is 5.48. The van der Waals surface area contributed by atoms with Gasteiger partial charge in [0.1, 0.15) is 0 Å². The van der Waals surface area contributed by atoms with Crippen molar-refractivity contribution in [3.8, 4) is 11.5 Å². The number of halogens is 1. The Labute approximate surface area is 168 Å². The Bertz CT molecular complexity index is 757. The van der Waals surface area contributed by atoms with E-state index in [0.29, 0.717) is 16.1 Å². The first-order chi connectivity index (χ1) is 12.7. The van der Waals surface area contributed by atoms with Crippen LogP contribution in [0.15, 0.2) is 53.4 Å². The van der Waals surface area contributed by atoms with Gasteiger partial charge in [-0.15, -0.1) is 11.8 Å². The molecule has 2 aromatic carbocycles. The molecule has 2 fully saturated rings. The summed E-state index contributed by atoms with van der Waals surface area (Å²) in [7, 11) is 3.37. The SMILES string of the molecule is COc1ccc(S[C@@H]2C[C@H]3CN(Cc4ccccc4)[C@@H]2[C@@H]3Br)cc1OC. The number of benzene rings is 2. The van der Waals surface area contributed by atoms with Gasteiger partial charge in [-0.2, -0.15) is 0 Å². The lowest BCUT2D eigenvalue weighted by Crippen LogP contribution is -2.40. The molecule has 4 rings (SSSR count). The maximum atomic E-state index is 5.47. The normalized spacial score (nSPS) is 27.7. The van der Waals surface area contributed by atoms with Crippen molar-refractivity contribution in [3.63, 3.8) is 0 Å². The topological polar surface area (TPSA) is 21.7 Å². The lowest BCUT2D eigenvalue weighted by Gasteiger charge is -2.33. The molecule has 1 aliphatic heterocycles. The van der Waals surface area contributed by atoms with Crippen LogP contribution in [0, 0.1) is 5.92 Å². The van der Waals surface area contributed by atoms with Crippen LogP contribution in [0.5, 0.6) is 11.5 Å². The first-order valence-electron chi connectivity index (χ1n) is 9.00. The van der Waals surface area contributed by atoms with Crippen molar-refractivity contribution in [2.24, 2.45) is 5.92 Å². The van der Waals surface area contributed by atoms with E-state index < -0.39 is 0 Å². The summed E-state index contributed by atoms with van der Waals surface area (Å²) in [6.45, 7) is 2.23. The number of fused-ring (bicyclic) bond motifs is 2. The monoisotopic (exact) mass is 433 g/mol. The number of nitrogens with zero attached hydrogens (tertiary/aromatic N) is 1. The minimum absolute atomic E-state index is 0.568. The van der Waals surface area contributed by atoms with Gasteiger partial charge >= 0.3 is 0 Å². The molecule has 1 saturated heterocycles. The molecule has 1 saturated carbocycles. The van der Waals surface area contributed by atoms with Gasteiger partial charge in [-0.05, 0) is 36.1 Å². The van der Waals surface area contributed by atoms with Crippen LogP contribution in [0.2, 0.25) is 0 Å². The van der Waals surface area contributed by atoms with E-state index in [1.54, 1.807) is 14.2 Å². The first kappa shape index (κ1) is 18.2. The van der Waals surface area contributed by atoms with Gasteiger partial charge in [0.25, 0.3) is 0 Å². The van der Waals surface area contributed by atoms with Gasteiger partial charge in [-0.25, -0.2) is 0 Å². The van der Waals surface area contributed by atoms with Crippen LogP contribution in [-0.4, -0.2) is 41.8 Å². The van der Waals surface area contributed by atoms with Crippen molar-refractivity contribution >= 4 is 27.7 Å². The summed E-state index contributed by atoms with van der Waals surface area (Å²) in [5.74, 6) is 2.33. The maximum absolute atomic E-state index is 5.47. The van der Waals surface area contributed by atoms with Crippen LogP contribution >= 0.6 is 27.7 Å². The van der Waals surface area contributed by atoms with E-state index in [4.69, 9.17) is 9.47 Å². The molecule has 0 spiro atoms. The molecule has 0 amide bonds. The van der Waals surface area contributed by atoms with Crippen molar-refractivity contribution in [2.75, 3.05) is 20.8 Å². The zero-order valence-electron chi connectivity index (χ0n) is 15.1. The summed E-state index contributed by atoms with van der Waals surface area (Å²) >= 11 is 5.96. The second-order valence-corrected chi connectivity index (χ2v) is 9.39. The molecule has 4 atom stereocenters. The van der Waals surface area contributed by atoms with Crippen molar-refractivity contribution < 1.29 is 9.47 Å².